The molecule has 0 bridgehead atoms. The minimum Gasteiger partial charge on any atom is -0.353 e. The quantitative estimate of drug-likeness (QED) is 0.601. The molecule has 0 aromatic carbocycles. The van der Waals surface area contributed by atoms with Crippen LogP contribution in [-0.2, 0) is 4.79 Å². The molecular formula is C11H20N2O. The van der Waals surface area contributed by atoms with Crippen LogP contribution in [0.1, 0.15) is 32.6 Å². The summed E-state index contributed by atoms with van der Waals surface area (Å²) in [6, 6.07) is 0.898. The lowest BCUT2D eigenvalue weighted by atomic mass is 10.2. The topological polar surface area (TPSA) is 41.1 Å². The normalized spacial score (nSPS) is 17.5. The summed E-state index contributed by atoms with van der Waals surface area (Å²) in [6.45, 7) is 6.53. The van der Waals surface area contributed by atoms with Gasteiger partial charge < -0.3 is 10.6 Å². The standard InChI is InChI=1S/C11H20N2O/c1-3-4-9(2)12-8-7-11(14)13-10-5-6-10/h3,9-10,12H,1,4-8H2,2H3,(H,13,14). The molecule has 0 saturated heterocycles. The Bertz CT molecular complexity index is 199. The molecule has 1 rings (SSSR count). The van der Waals surface area contributed by atoms with Gasteiger partial charge in [0.25, 0.3) is 0 Å². The van der Waals surface area contributed by atoms with Crippen molar-refractivity contribution in [2.45, 2.75) is 44.7 Å². The van der Waals surface area contributed by atoms with Gasteiger partial charge in [0.2, 0.25) is 5.91 Å². The molecule has 0 aromatic rings. The Morgan fingerprint density at radius 1 is 1.64 bits per heavy atom. The highest BCUT2D eigenvalue weighted by Crippen LogP contribution is 2.18. The van der Waals surface area contributed by atoms with Gasteiger partial charge in [0, 0.05) is 25.0 Å². The van der Waals surface area contributed by atoms with Crippen LogP contribution in [-0.4, -0.2) is 24.5 Å². The molecule has 1 aliphatic rings. The first-order valence-corrected chi connectivity index (χ1v) is 5.36. The Balaban J connectivity index is 1.96. The van der Waals surface area contributed by atoms with Gasteiger partial charge >= 0.3 is 0 Å². The molecule has 1 atom stereocenters. The summed E-state index contributed by atoms with van der Waals surface area (Å²) in [5.41, 5.74) is 0. The molecule has 1 saturated carbocycles. The maximum absolute atomic E-state index is 11.3. The van der Waals surface area contributed by atoms with E-state index in [1.54, 1.807) is 0 Å². The Morgan fingerprint density at radius 3 is 2.93 bits per heavy atom. The minimum absolute atomic E-state index is 0.172. The number of carbonyl (C=O) groups excluding carboxylic acids is 1. The van der Waals surface area contributed by atoms with Crippen LogP contribution in [0.3, 0.4) is 0 Å². The van der Waals surface area contributed by atoms with Crippen molar-refractivity contribution in [1.29, 1.82) is 0 Å². The van der Waals surface area contributed by atoms with Gasteiger partial charge in [-0.2, -0.15) is 0 Å². The molecule has 0 spiro atoms. The van der Waals surface area contributed by atoms with E-state index in [0.29, 0.717) is 18.5 Å². The van der Waals surface area contributed by atoms with Crippen LogP contribution in [0.15, 0.2) is 12.7 Å². The zero-order valence-electron chi connectivity index (χ0n) is 8.88. The van der Waals surface area contributed by atoms with Gasteiger partial charge in [-0.15, -0.1) is 6.58 Å². The van der Waals surface area contributed by atoms with Crippen LogP contribution in [0.4, 0.5) is 0 Å². The number of hydrogen-bond donors (Lipinski definition) is 2. The van der Waals surface area contributed by atoms with Gasteiger partial charge in [-0.05, 0) is 26.2 Å². The molecule has 80 valence electrons. The lowest BCUT2D eigenvalue weighted by Crippen LogP contribution is -2.32. The zero-order chi connectivity index (χ0) is 10.4. The molecule has 0 aliphatic heterocycles. The summed E-state index contributed by atoms with van der Waals surface area (Å²) in [5.74, 6) is 0.172. The highest BCUT2D eigenvalue weighted by Gasteiger charge is 2.22. The number of carbonyl (C=O) groups is 1. The molecule has 1 unspecified atom stereocenters. The van der Waals surface area contributed by atoms with Crippen molar-refractivity contribution in [3.05, 3.63) is 12.7 Å². The van der Waals surface area contributed by atoms with E-state index in [9.17, 15) is 4.79 Å². The molecular weight excluding hydrogens is 176 g/mol. The molecule has 0 radical (unpaired) electrons. The second-order valence-electron chi connectivity index (χ2n) is 3.97. The first-order chi connectivity index (χ1) is 6.72. The highest BCUT2D eigenvalue weighted by molar-refractivity contribution is 5.76. The van der Waals surface area contributed by atoms with Crippen molar-refractivity contribution in [3.63, 3.8) is 0 Å². The Kier molecular flexibility index (Phi) is 4.66. The first-order valence-electron chi connectivity index (χ1n) is 5.36. The fourth-order valence-electron chi connectivity index (χ4n) is 1.29. The van der Waals surface area contributed by atoms with E-state index >= 15 is 0 Å². The Morgan fingerprint density at radius 2 is 2.36 bits per heavy atom. The minimum atomic E-state index is 0.172. The van der Waals surface area contributed by atoms with Crippen LogP contribution >= 0.6 is 0 Å². The largest absolute Gasteiger partial charge is 0.353 e. The third-order valence-electron chi connectivity index (χ3n) is 2.31. The van der Waals surface area contributed by atoms with E-state index in [4.69, 9.17) is 0 Å². The maximum atomic E-state index is 11.3. The second-order valence-corrected chi connectivity index (χ2v) is 3.97. The SMILES string of the molecule is C=CCC(C)NCCC(=O)NC1CC1. The second kappa shape index (κ2) is 5.81. The van der Waals surface area contributed by atoms with E-state index in [1.165, 1.54) is 0 Å². The number of amides is 1. The van der Waals surface area contributed by atoms with Crippen molar-refractivity contribution >= 4 is 5.91 Å². The molecule has 1 amide bonds. The lowest BCUT2D eigenvalue weighted by Gasteiger charge is -2.10. The molecule has 14 heavy (non-hydrogen) atoms. The van der Waals surface area contributed by atoms with Gasteiger partial charge in [-0.1, -0.05) is 6.08 Å². The summed E-state index contributed by atoms with van der Waals surface area (Å²) in [6.07, 6.45) is 5.74. The fraction of sp³-hybridized carbons (Fsp3) is 0.727. The molecule has 3 nitrogen and oxygen atoms in total. The summed E-state index contributed by atoms with van der Waals surface area (Å²) in [4.78, 5) is 11.3. The maximum Gasteiger partial charge on any atom is 0.221 e. The van der Waals surface area contributed by atoms with Crippen LogP contribution < -0.4 is 10.6 Å². The van der Waals surface area contributed by atoms with Crippen LogP contribution in [0.2, 0.25) is 0 Å². The lowest BCUT2D eigenvalue weighted by molar-refractivity contribution is -0.121. The first kappa shape index (κ1) is 11.2. The molecule has 1 fully saturated rings. The molecule has 2 N–H and O–H groups in total. The predicted octanol–water partition coefficient (Wildman–Crippen LogP) is 1.21. The van der Waals surface area contributed by atoms with Crippen molar-refractivity contribution < 1.29 is 4.79 Å². The van der Waals surface area contributed by atoms with E-state index in [2.05, 4.69) is 24.1 Å². The summed E-state index contributed by atoms with van der Waals surface area (Å²) >= 11 is 0. The highest BCUT2D eigenvalue weighted by atomic mass is 16.1. The van der Waals surface area contributed by atoms with Crippen molar-refractivity contribution in [2.75, 3.05) is 6.54 Å². The average molecular weight is 196 g/mol. The molecule has 1 aliphatic carbocycles. The number of nitrogens with one attached hydrogen (secondary N) is 2. The molecule has 0 aromatic heterocycles. The van der Waals surface area contributed by atoms with Crippen LogP contribution in [0.25, 0.3) is 0 Å². The van der Waals surface area contributed by atoms with Crippen LogP contribution in [0, 0.1) is 0 Å². The van der Waals surface area contributed by atoms with Crippen LogP contribution in [0.5, 0.6) is 0 Å². The zero-order valence-corrected chi connectivity index (χ0v) is 8.88. The van der Waals surface area contributed by atoms with E-state index < -0.39 is 0 Å². The van der Waals surface area contributed by atoms with Gasteiger partial charge in [0.05, 0.1) is 0 Å². The van der Waals surface area contributed by atoms with Crippen molar-refractivity contribution in [1.82, 2.24) is 10.6 Å². The van der Waals surface area contributed by atoms with Gasteiger partial charge in [-0.3, -0.25) is 4.79 Å². The van der Waals surface area contributed by atoms with Crippen molar-refractivity contribution in [3.8, 4) is 0 Å². The summed E-state index contributed by atoms with van der Waals surface area (Å²) in [7, 11) is 0. The van der Waals surface area contributed by atoms with Gasteiger partial charge in [-0.25, -0.2) is 0 Å². The Labute approximate surface area is 86.0 Å². The third-order valence-corrected chi connectivity index (χ3v) is 2.31. The number of hydrogen-bond acceptors (Lipinski definition) is 2. The smallest absolute Gasteiger partial charge is 0.221 e. The molecule has 0 heterocycles. The molecule has 3 heteroatoms. The third kappa shape index (κ3) is 5.02. The Hall–Kier alpha value is -0.830. The van der Waals surface area contributed by atoms with Gasteiger partial charge in [0.1, 0.15) is 0 Å². The summed E-state index contributed by atoms with van der Waals surface area (Å²) < 4.78 is 0. The predicted molar refractivity (Wildman–Crippen MR) is 58.1 cm³/mol. The van der Waals surface area contributed by atoms with Gasteiger partial charge in [0.15, 0.2) is 0 Å². The monoisotopic (exact) mass is 196 g/mol. The van der Waals surface area contributed by atoms with Crippen molar-refractivity contribution in [2.24, 2.45) is 0 Å². The van der Waals surface area contributed by atoms with E-state index in [1.807, 2.05) is 6.08 Å². The van der Waals surface area contributed by atoms with E-state index in [0.717, 1.165) is 25.8 Å². The fourth-order valence-corrected chi connectivity index (χ4v) is 1.29. The summed E-state index contributed by atoms with van der Waals surface area (Å²) in [5, 5.41) is 6.24. The average Bonchev–Trinajstić information content (AvgIpc) is 2.88. The van der Waals surface area contributed by atoms with E-state index in [-0.39, 0.29) is 5.91 Å². The number of rotatable bonds is 7.